The van der Waals surface area contributed by atoms with Gasteiger partial charge in [-0.05, 0) is 55.5 Å². The highest BCUT2D eigenvalue weighted by Gasteiger charge is 2.22. The monoisotopic (exact) mass is 474 g/mol. The van der Waals surface area contributed by atoms with Gasteiger partial charge in [-0.2, -0.15) is 0 Å². The second kappa shape index (κ2) is 9.93. The molecule has 168 valence electrons. The molecule has 0 spiro atoms. The summed E-state index contributed by atoms with van der Waals surface area (Å²) in [4.78, 5) is 12.7. The molecule has 0 fully saturated rings. The van der Waals surface area contributed by atoms with Crippen molar-refractivity contribution in [3.63, 3.8) is 0 Å². The van der Waals surface area contributed by atoms with Crippen LogP contribution in [0, 0.1) is 0 Å². The molecule has 0 aliphatic rings. The minimum atomic E-state index is -4.00. The lowest BCUT2D eigenvalue weighted by Gasteiger charge is -2.18. The topological polar surface area (TPSA) is 93.7 Å². The molecule has 32 heavy (non-hydrogen) atoms. The number of nitrogens with one attached hydrogen (secondary N) is 2. The summed E-state index contributed by atoms with van der Waals surface area (Å²) >= 11 is 6.14. The molecule has 0 aromatic heterocycles. The highest BCUT2D eigenvalue weighted by molar-refractivity contribution is 7.92. The number of carbonyl (C=O) groups excluding carboxylic acids is 1. The summed E-state index contributed by atoms with van der Waals surface area (Å²) in [5, 5.41) is 2.86. The van der Waals surface area contributed by atoms with E-state index in [1.807, 2.05) is 0 Å². The predicted octanol–water partition coefficient (Wildman–Crippen LogP) is 4.65. The molecule has 2 N–H and O–H groups in total. The van der Waals surface area contributed by atoms with Crippen LogP contribution in [0.2, 0.25) is 5.02 Å². The number of carbonyl (C=O) groups is 1. The molecule has 0 bridgehead atoms. The van der Waals surface area contributed by atoms with Crippen LogP contribution < -0.4 is 19.5 Å². The van der Waals surface area contributed by atoms with Crippen molar-refractivity contribution in [2.75, 3.05) is 18.9 Å². The van der Waals surface area contributed by atoms with E-state index in [2.05, 4.69) is 10.0 Å². The van der Waals surface area contributed by atoms with Gasteiger partial charge in [0.15, 0.2) is 0 Å². The molecule has 1 amide bonds. The zero-order valence-corrected chi connectivity index (χ0v) is 19.3. The molecule has 0 saturated heterocycles. The summed E-state index contributed by atoms with van der Waals surface area (Å²) < 4.78 is 38.8. The Morgan fingerprint density at radius 3 is 2.34 bits per heavy atom. The van der Waals surface area contributed by atoms with E-state index in [9.17, 15) is 13.2 Å². The van der Waals surface area contributed by atoms with Gasteiger partial charge in [0.05, 0.1) is 25.3 Å². The van der Waals surface area contributed by atoms with Crippen LogP contribution in [0.3, 0.4) is 0 Å². The zero-order chi connectivity index (χ0) is 23.3. The van der Waals surface area contributed by atoms with Crippen molar-refractivity contribution in [3.05, 3.63) is 82.9 Å². The molecule has 3 aromatic rings. The number of benzene rings is 3. The number of para-hydroxylation sites is 1. The Hall–Kier alpha value is -3.23. The first kappa shape index (κ1) is 23.4. The van der Waals surface area contributed by atoms with E-state index < -0.39 is 22.0 Å². The van der Waals surface area contributed by atoms with Crippen LogP contribution in [-0.4, -0.2) is 28.5 Å². The van der Waals surface area contributed by atoms with Gasteiger partial charge in [0.25, 0.3) is 15.9 Å². The molecular formula is C23H23ClN2O5S. The summed E-state index contributed by atoms with van der Waals surface area (Å²) in [7, 11) is -0.912. The second-order valence-electron chi connectivity index (χ2n) is 6.92. The van der Waals surface area contributed by atoms with E-state index in [0.717, 1.165) is 0 Å². The quantitative estimate of drug-likeness (QED) is 0.495. The third-order valence-electron chi connectivity index (χ3n) is 4.76. The van der Waals surface area contributed by atoms with E-state index in [1.165, 1.54) is 25.3 Å². The fourth-order valence-corrected chi connectivity index (χ4v) is 4.69. The Labute approximate surface area is 192 Å². The fraction of sp³-hybridized carbons (Fsp3) is 0.174. The number of amides is 1. The molecule has 1 atom stereocenters. The molecule has 3 aromatic carbocycles. The minimum Gasteiger partial charge on any atom is -0.497 e. The third-order valence-corrected chi connectivity index (χ3v) is 6.62. The Kier molecular flexibility index (Phi) is 7.27. The molecule has 3 rings (SSSR count). The average molecular weight is 475 g/mol. The fourth-order valence-electron chi connectivity index (χ4n) is 3.10. The third kappa shape index (κ3) is 5.33. The first-order valence-electron chi connectivity index (χ1n) is 9.65. The number of halogens is 1. The lowest BCUT2D eigenvalue weighted by Crippen LogP contribution is -2.27. The van der Waals surface area contributed by atoms with Crippen LogP contribution in [-0.2, 0) is 10.0 Å². The molecule has 9 heteroatoms. The summed E-state index contributed by atoms with van der Waals surface area (Å²) in [6.45, 7) is 1.79. The Morgan fingerprint density at radius 2 is 1.69 bits per heavy atom. The van der Waals surface area contributed by atoms with Crippen LogP contribution in [0.1, 0.15) is 28.9 Å². The Morgan fingerprint density at radius 1 is 0.969 bits per heavy atom. The predicted molar refractivity (Wildman–Crippen MR) is 124 cm³/mol. The number of hydrogen-bond donors (Lipinski definition) is 2. The molecule has 0 unspecified atom stereocenters. The zero-order valence-electron chi connectivity index (χ0n) is 17.8. The van der Waals surface area contributed by atoms with Crippen LogP contribution >= 0.6 is 11.6 Å². The van der Waals surface area contributed by atoms with Crippen LogP contribution in [0.25, 0.3) is 0 Å². The second-order valence-corrected chi connectivity index (χ2v) is 8.98. The van der Waals surface area contributed by atoms with Crippen molar-refractivity contribution in [3.8, 4) is 11.5 Å². The van der Waals surface area contributed by atoms with Gasteiger partial charge in [-0.25, -0.2) is 8.42 Å². The van der Waals surface area contributed by atoms with Crippen molar-refractivity contribution < 1.29 is 22.7 Å². The Balaban J connectivity index is 1.85. The average Bonchev–Trinajstić information content (AvgIpc) is 2.79. The van der Waals surface area contributed by atoms with Gasteiger partial charge in [-0.15, -0.1) is 0 Å². The lowest BCUT2D eigenvalue weighted by molar-refractivity contribution is 0.0939. The van der Waals surface area contributed by atoms with Gasteiger partial charge < -0.3 is 14.8 Å². The van der Waals surface area contributed by atoms with Crippen molar-refractivity contribution in [2.45, 2.75) is 17.9 Å². The SMILES string of the molecule is COc1ccc(OC)c([C@@H](C)NC(=O)c2ccc(Cl)c(S(=O)(=O)Nc3ccccc3)c2)c1. The smallest absolute Gasteiger partial charge is 0.263 e. The molecule has 0 aliphatic carbocycles. The summed E-state index contributed by atoms with van der Waals surface area (Å²) in [5.74, 6) is 0.744. The van der Waals surface area contributed by atoms with Gasteiger partial charge in [0, 0.05) is 16.8 Å². The maximum atomic E-state index is 12.9. The van der Waals surface area contributed by atoms with Gasteiger partial charge >= 0.3 is 0 Å². The number of anilines is 1. The molecule has 0 radical (unpaired) electrons. The molecular weight excluding hydrogens is 452 g/mol. The normalized spacial score (nSPS) is 12.0. The number of hydrogen-bond acceptors (Lipinski definition) is 5. The summed E-state index contributed by atoms with van der Waals surface area (Å²) in [6.07, 6.45) is 0. The minimum absolute atomic E-state index is 0.00694. The number of ether oxygens (including phenoxy) is 2. The van der Waals surface area contributed by atoms with E-state index in [4.69, 9.17) is 21.1 Å². The molecule has 0 aliphatic heterocycles. The van der Waals surface area contributed by atoms with Crippen LogP contribution in [0.4, 0.5) is 5.69 Å². The first-order chi connectivity index (χ1) is 15.2. The summed E-state index contributed by atoms with van der Waals surface area (Å²) in [5.41, 5.74) is 1.25. The Bertz CT molecular complexity index is 1220. The van der Waals surface area contributed by atoms with Crippen LogP contribution in [0.5, 0.6) is 11.5 Å². The van der Waals surface area contributed by atoms with E-state index in [-0.39, 0.29) is 15.5 Å². The standard InChI is InChI=1S/C23H23ClN2O5S/c1-15(19-14-18(30-2)10-12-21(19)31-3)25-23(27)16-9-11-20(24)22(13-16)32(28,29)26-17-7-5-4-6-8-17/h4-15,26H,1-3H3,(H,25,27)/t15-/m1/s1. The van der Waals surface area contributed by atoms with Crippen molar-refractivity contribution in [1.29, 1.82) is 0 Å². The maximum Gasteiger partial charge on any atom is 0.263 e. The molecule has 0 saturated carbocycles. The lowest BCUT2D eigenvalue weighted by atomic mass is 10.1. The highest BCUT2D eigenvalue weighted by atomic mass is 35.5. The largest absolute Gasteiger partial charge is 0.497 e. The van der Waals surface area contributed by atoms with Gasteiger partial charge in [-0.1, -0.05) is 29.8 Å². The van der Waals surface area contributed by atoms with Gasteiger partial charge in [0.2, 0.25) is 0 Å². The first-order valence-corrected chi connectivity index (χ1v) is 11.5. The van der Waals surface area contributed by atoms with E-state index in [0.29, 0.717) is 22.7 Å². The number of methoxy groups -OCH3 is 2. The number of rotatable bonds is 8. The van der Waals surface area contributed by atoms with Crippen molar-refractivity contribution in [1.82, 2.24) is 5.32 Å². The van der Waals surface area contributed by atoms with E-state index in [1.54, 1.807) is 62.6 Å². The van der Waals surface area contributed by atoms with E-state index >= 15 is 0 Å². The van der Waals surface area contributed by atoms with Crippen molar-refractivity contribution >= 4 is 33.2 Å². The number of sulfonamides is 1. The highest BCUT2D eigenvalue weighted by Crippen LogP contribution is 2.30. The summed E-state index contributed by atoms with van der Waals surface area (Å²) in [6, 6.07) is 17.3. The molecule has 0 heterocycles. The van der Waals surface area contributed by atoms with Gasteiger partial charge in [-0.3, -0.25) is 9.52 Å². The van der Waals surface area contributed by atoms with Gasteiger partial charge in [0.1, 0.15) is 16.4 Å². The van der Waals surface area contributed by atoms with Crippen LogP contribution in [0.15, 0.2) is 71.6 Å². The van der Waals surface area contributed by atoms with Crippen molar-refractivity contribution in [2.24, 2.45) is 0 Å². The maximum absolute atomic E-state index is 12.9. The molecule has 7 nitrogen and oxygen atoms in total.